The molecule has 39 heavy (non-hydrogen) atoms. The van der Waals surface area contributed by atoms with Gasteiger partial charge in [-0.05, 0) is 57.3 Å². The minimum atomic E-state index is -1.98. The SMILES string of the molecule is C=CCCCCCC[Si](C)(C1c2ccccc2-c2ccccc21)C1c2ccccc2-c2ccccc21.Cl.Cl.[Ti]. The predicted octanol–water partition coefficient (Wildman–Crippen LogP) is 10.7. The van der Waals surface area contributed by atoms with Gasteiger partial charge in [0.1, 0.15) is 0 Å². The first kappa shape index (κ1) is 31.7. The molecule has 0 atom stereocenters. The molecule has 0 aliphatic heterocycles. The van der Waals surface area contributed by atoms with Crippen LogP contribution >= 0.6 is 24.8 Å². The zero-order valence-corrected chi connectivity index (χ0v) is 26.9. The van der Waals surface area contributed by atoms with E-state index in [1.165, 1.54) is 54.0 Å². The standard InChI is InChI=1S/C35H36Si.2ClH.Ti/c1-3-4-5-6-7-16-25-36(2,34-30-21-12-8-17-26(30)27-18-9-13-22-31(27)34)35-32-23-14-10-19-28(32)29-20-11-15-24-33(29)35;;;/h3,8-15,17-24,34-35H,1,4-7,16,25H2,2H3;2*1H;. The monoisotopic (exact) mass is 604 g/mol. The van der Waals surface area contributed by atoms with Crippen LogP contribution < -0.4 is 0 Å². The van der Waals surface area contributed by atoms with E-state index in [2.05, 4.69) is 116 Å². The maximum atomic E-state index is 3.91. The van der Waals surface area contributed by atoms with Gasteiger partial charge in [-0.3, -0.25) is 0 Å². The van der Waals surface area contributed by atoms with E-state index in [9.17, 15) is 0 Å². The van der Waals surface area contributed by atoms with Crippen LogP contribution in [-0.2, 0) is 21.7 Å². The molecule has 0 aromatic heterocycles. The van der Waals surface area contributed by atoms with E-state index in [4.69, 9.17) is 0 Å². The van der Waals surface area contributed by atoms with E-state index in [0.29, 0.717) is 11.1 Å². The van der Waals surface area contributed by atoms with Gasteiger partial charge < -0.3 is 0 Å². The van der Waals surface area contributed by atoms with Crippen molar-refractivity contribution in [1.82, 2.24) is 0 Å². The van der Waals surface area contributed by atoms with Gasteiger partial charge in [0.15, 0.2) is 0 Å². The number of unbranched alkanes of at least 4 members (excludes halogenated alkanes) is 4. The molecule has 200 valence electrons. The van der Waals surface area contributed by atoms with Crippen molar-refractivity contribution in [2.24, 2.45) is 0 Å². The summed E-state index contributed by atoms with van der Waals surface area (Å²) in [5.41, 5.74) is 13.2. The van der Waals surface area contributed by atoms with Gasteiger partial charge in [-0.25, -0.2) is 0 Å². The fourth-order valence-corrected chi connectivity index (χ4v) is 13.1. The normalized spacial score (nSPS) is 13.2. The van der Waals surface area contributed by atoms with Gasteiger partial charge in [-0.2, -0.15) is 0 Å². The van der Waals surface area contributed by atoms with Crippen LogP contribution in [0.1, 0.15) is 65.4 Å². The molecule has 0 bridgehead atoms. The molecule has 6 rings (SSSR count). The summed E-state index contributed by atoms with van der Waals surface area (Å²) in [6.07, 6.45) is 8.43. The van der Waals surface area contributed by atoms with Crippen LogP contribution in [0.15, 0.2) is 110 Å². The van der Waals surface area contributed by atoms with Crippen LogP contribution in [0.5, 0.6) is 0 Å². The Morgan fingerprint density at radius 2 is 0.897 bits per heavy atom. The first-order valence-electron chi connectivity index (χ1n) is 13.7. The molecule has 4 aromatic rings. The van der Waals surface area contributed by atoms with Gasteiger partial charge in [0.05, 0.1) is 8.07 Å². The number of halogens is 2. The summed E-state index contributed by atoms with van der Waals surface area (Å²) in [5, 5.41) is 0. The molecule has 4 aromatic carbocycles. The van der Waals surface area contributed by atoms with Crippen LogP contribution in [0.2, 0.25) is 12.6 Å². The van der Waals surface area contributed by atoms with Crippen molar-refractivity contribution in [3.8, 4) is 22.3 Å². The Balaban J connectivity index is 0.00000140. The van der Waals surface area contributed by atoms with E-state index in [1.54, 1.807) is 22.3 Å². The van der Waals surface area contributed by atoms with E-state index in [-0.39, 0.29) is 46.5 Å². The molecule has 4 heteroatoms. The van der Waals surface area contributed by atoms with Crippen molar-refractivity contribution in [3.05, 3.63) is 132 Å². The van der Waals surface area contributed by atoms with Crippen LogP contribution in [0.4, 0.5) is 0 Å². The Morgan fingerprint density at radius 1 is 0.564 bits per heavy atom. The zero-order chi connectivity index (χ0) is 24.5. The van der Waals surface area contributed by atoms with E-state index in [1.807, 2.05) is 0 Å². The summed E-state index contributed by atoms with van der Waals surface area (Å²) >= 11 is 0. The maximum Gasteiger partial charge on any atom is 0.0761 e. The number of hydrogen-bond donors (Lipinski definition) is 0. The van der Waals surface area contributed by atoms with Crippen LogP contribution in [-0.4, -0.2) is 8.07 Å². The number of benzene rings is 4. The molecule has 0 unspecified atom stereocenters. The van der Waals surface area contributed by atoms with Crippen LogP contribution in [0.25, 0.3) is 22.3 Å². The molecule has 0 saturated carbocycles. The van der Waals surface area contributed by atoms with Gasteiger partial charge in [0.2, 0.25) is 0 Å². The average molecular weight is 606 g/mol. The van der Waals surface area contributed by atoms with Crippen molar-refractivity contribution in [1.29, 1.82) is 0 Å². The van der Waals surface area contributed by atoms with Gasteiger partial charge >= 0.3 is 0 Å². The second-order valence-corrected chi connectivity index (χ2v) is 15.6. The molecule has 0 fully saturated rings. The van der Waals surface area contributed by atoms with Crippen molar-refractivity contribution in [2.75, 3.05) is 0 Å². The molecule has 0 radical (unpaired) electrons. The number of fused-ring (bicyclic) bond motifs is 6. The van der Waals surface area contributed by atoms with E-state index >= 15 is 0 Å². The summed E-state index contributed by atoms with van der Waals surface area (Å²) in [5.74, 6) is 0. The van der Waals surface area contributed by atoms with Crippen molar-refractivity contribution in [2.45, 2.75) is 55.8 Å². The summed E-state index contributed by atoms with van der Waals surface area (Å²) in [4.78, 5) is 0. The molecule has 2 aliphatic carbocycles. The predicted molar refractivity (Wildman–Crippen MR) is 172 cm³/mol. The van der Waals surface area contributed by atoms with Gasteiger partial charge in [-0.15, -0.1) is 31.4 Å². The van der Waals surface area contributed by atoms with Crippen molar-refractivity contribution < 1.29 is 21.7 Å². The second-order valence-electron chi connectivity index (χ2n) is 11.0. The molecule has 0 heterocycles. The Hall–Kier alpha value is -1.87. The number of hydrogen-bond acceptors (Lipinski definition) is 0. The van der Waals surface area contributed by atoms with Crippen LogP contribution in [0, 0.1) is 0 Å². The quantitative estimate of drug-likeness (QED) is 0.101. The summed E-state index contributed by atoms with van der Waals surface area (Å²) in [6.45, 7) is 6.65. The third-order valence-electron chi connectivity index (χ3n) is 8.86. The molecule has 0 nitrogen and oxygen atoms in total. The Labute approximate surface area is 263 Å². The summed E-state index contributed by atoms with van der Waals surface area (Å²) in [6, 6.07) is 38.4. The Kier molecular flexibility index (Phi) is 11.1. The van der Waals surface area contributed by atoms with Gasteiger partial charge in [0.25, 0.3) is 0 Å². The Morgan fingerprint density at radius 3 is 1.26 bits per heavy atom. The smallest absolute Gasteiger partial charge is 0.0761 e. The molecular weight excluding hydrogens is 567 g/mol. The molecule has 2 aliphatic rings. The third kappa shape index (κ3) is 5.54. The third-order valence-corrected chi connectivity index (χ3v) is 14.2. The molecule has 0 saturated heterocycles. The molecular formula is C35H38Cl2SiTi. The summed E-state index contributed by atoms with van der Waals surface area (Å²) < 4.78 is 0. The summed E-state index contributed by atoms with van der Waals surface area (Å²) in [7, 11) is -1.98. The first-order chi connectivity index (χ1) is 17.7. The van der Waals surface area contributed by atoms with Crippen molar-refractivity contribution >= 4 is 32.9 Å². The largest absolute Gasteiger partial charge is 0.147 e. The minimum absolute atomic E-state index is 0. The minimum Gasteiger partial charge on any atom is -0.147 e. The zero-order valence-electron chi connectivity index (χ0n) is 22.7. The number of rotatable bonds is 9. The second kappa shape index (κ2) is 13.7. The van der Waals surface area contributed by atoms with Gasteiger partial charge in [0, 0.05) is 32.8 Å². The molecule has 0 N–H and O–H groups in total. The van der Waals surface area contributed by atoms with Crippen molar-refractivity contribution in [3.63, 3.8) is 0 Å². The maximum absolute atomic E-state index is 3.91. The fourth-order valence-electron chi connectivity index (χ4n) is 7.34. The first-order valence-corrected chi connectivity index (χ1v) is 16.6. The molecule has 0 amide bonds. The van der Waals surface area contributed by atoms with E-state index in [0.717, 1.165) is 6.42 Å². The van der Waals surface area contributed by atoms with Gasteiger partial charge in [-0.1, -0.05) is 135 Å². The number of allylic oxidation sites excluding steroid dienone is 1. The fraction of sp³-hybridized carbons (Fsp3) is 0.257. The average Bonchev–Trinajstić information content (AvgIpc) is 3.45. The topological polar surface area (TPSA) is 0 Å². The Bertz CT molecular complexity index is 1230. The van der Waals surface area contributed by atoms with E-state index < -0.39 is 8.07 Å². The van der Waals surface area contributed by atoms with Crippen LogP contribution in [0.3, 0.4) is 0 Å². The molecule has 0 spiro atoms.